The zero-order chi connectivity index (χ0) is 13.9. The largest absolute Gasteiger partial charge is 0.381 e. The molecule has 0 radical (unpaired) electrons. The first-order valence-electron chi connectivity index (χ1n) is 7.06. The number of fused-ring (bicyclic) bond motifs is 1. The second-order valence-corrected chi connectivity index (χ2v) is 6.56. The van der Waals surface area contributed by atoms with E-state index in [-0.39, 0.29) is 0 Å². The van der Waals surface area contributed by atoms with Crippen LogP contribution in [-0.2, 0) is 17.7 Å². The molecule has 0 amide bonds. The smallest absolute Gasteiger partial charge is 0.111 e. The van der Waals surface area contributed by atoms with Crippen LogP contribution in [0.25, 0.3) is 11.0 Å². The fourth-order valence-corrected chi connectivity index (χ4v) is 3.34. The highest BCUT2D eigenvalue weighted by Gasteiger charge is 2.18. The molecule has 5 heteroatoms. The van der Waals surface area contributed by atoms with Gasteiger partial charge in [0.25, 0.3) is 0 Å². The van der Waals surface area contributed by atoms with Crippen LogP contribution in [0, 0.1) is 5.92 Å². The standard InChI is InChI=1S/C15H18BrClN2O/c16-12-1-2-14-13(9-12)18-15(3-6-17)19(14)10-11-4-7-20-8-5-11/h1-2,9,11H,3-8,10H2. The van der Waals surface area contributed by atoms with Crippen LogP contribution in [0.5, 0.6) is 0 Å². The Morgan fingerprint density at radius 2 is 2.15 bits per heavy atom. The van der Waals surface area contributed by atoms with Crippen molar-refractivity contribution in [3.05, 3.63) is 28.5 Å². The second kappa shape index (κ2) is 6.46. The summed E-state index contributed by atoms with van der Waals surface area (Å²) in [6, 6.07) is 6.30. The Bertz CT molecular complexity index is 593. The number of aromatic nitrogens is 2. The number of imidazole rings is 1. The molecule has 0 aliphatic carbocycles. The molecule has 108 valence electrons. The maximum Gasteiger partial charge on any atom is 0.111 e. The molecule has 1 aliphatic rings. The van der Waals surface area contributed by atoms with Crippen molar-refractivity contribution in [1.29, 1.82) is 0 Å². The highest BCUT2D eigenvalue weighted by atomic mass is 79.9. The number of rotatable bonds is 4. The number of hydrogen-bond acceptors (Lipinski definition) is 2. The molecule has 3 rings (SSSR count). The van der Waals surface area contributed by atoms with Crippen molar-refractivity contribution in [2.24, 2.45) is 5.92 Å². The molecule has 0 atom stereocenters. The van der Waals surface area contributed by atoms with Gasteiger partial charge in [-0.25, -0.2) is 4.98 Å². The Balaban J connectivity index is 1.95. The molecule has 1 aliphatic heterocycles. The highest BCUT2D eigenvalue weighted by Crippen LogP contribution is 2.25. The van der Waals surface area contributed by atoms with Gasteiger partial charge < -0.3 is 9.30 Å². The van der Waals surface area contributed by atoms with Gasteiger partial charge >= 0.3 is 0 Å². The molecule has 2 heterocycles. The van der Waals surface area contributed by atoms with E-state index in [0.717, 1.165) is 54.8 Å². The van der Waals surface area contributed by atoms with E-state index in [4.69, 9.17) is 21.3 Å². The van der Waals surface area contributed by atoms with E-state index in [0.29, 0.717) is 11.8 Å². The third-order valence-corrected chi connectivity index (χ3v) is 4.57. The quantitative estimate of drug-likeness (QED) is 0.773. The van der Waals surface area contributed by atoms with Crippen LogP contribution in [0.15, 0.2) is 22.7 Å². The predicted molar refractivity (Wildman–Crippen MR) is 85.4 cm³/mol. The Kier molecular flexibility index (Phi) is 4.64. The van der Waals surface area contributed by atoms with Crippen LogP contribution in [0.3, 0.4) is 0 Å². The summed E-state index contributed by atoms with van der Waals surface area (Å²) in [7, 11) is 0. The average Bonchev–Trinajstić information content (AvgIpc) is 2.77. The molecule has 1 fully saturated rings. The van der Waals surface area contributed by atoms with Gasteiger partial charge in [-0.05, 0) is 37.0 Å². The second-order valence-electron chi connectivity index (χ2n) is 5.27. The average molecular weight is 358 g/mol. The lowest BCUT2D eigenvalue weighted by atomic mass is 10.0. The predicted octanol–water partition coefficient (Wildman–Crippen LogP) is 4.01. The molecule has 0 N–H and O–H groups in total. The zero-order valence-electron chi connectivity index (χ0n) is 11.3. The van der Waals surface area contributed by atoms with Crippen molar-refractivity contribution in [3.63, 3.8) is 0 Å². The fourth-order valence-electron chi connectivity index (χ4n) is 2.82. The van der Waals surface area contributed by atoms with E-state index in [2.05, 4.69) is 38.7 Å². The molecule has 0 saturated carbocycles. The van der Waals surface area contributed by atoms with Crippen molar-refractivity contribution in [1.82, 2.24) is 9.55 Å². The van der Waals surface area contributed by atoms with Gasteiger partial charge in [-0.15, -0.1) is 11.6 Å². The molecule has 20 heavy (non-hydrogen) atoms. The summed E-state index contributed by atoms with van der Waals surface area (Å²) in [6.45, 7) is 2.79. The summed E-state index contributed by atoms with van der Waals surface area (Å²) in [6.07, 6.45) is 3.09. The number of ether oxygens (including phenoxy) is 1. The SMILES string of the molecule is ClCCc1nc2cc(Br)ccc2n1CC1CCOCC1. The summed E-state index contributed by atoms with van der Waals surface area (Å²) in [4.78, 5) is 4.75. The van der Waals surface area contributed by atoms with Crippen LogP contribution in [0.4, 0.5) is 0 Å². The third-order valence-electron chi connectivity index (χ3n) is 3.89. The van der Waals surface area contributed by atoms with Crippen molar-refractivity contribution in [2.75, 3.05) is 19.1 Å². The molecule has 1 aromatic carbocycles. The molecule has 2 aromatic rings. The number of aryl methyl sites for hydroxylation is 1. The van der Waals surface area contributed by atoms with Gasteiger partial charge in [0.1, 0.15) is 5.82 Å². The summed E-state index contributed by atoms with van der Waals surface area (Å²) in [5, 5.41) is 0. The van der Waals surface area contributed by atoms with E-state index in [9.17, 15) is 0 Å². The van der Waals surface area contributed by atoms with Crippen LogP contribution in [-0.4, -0.2) is 28.6 Å². The minimum Gasteiger partial charge on any atom is -0.381 e. The summed E-state index contributed by atoms with van der Waals surface area (Å²) >= 11 is 9.44. The van der Waals surface area contributed by atoms with Crippen LogP contribution < -0.4 is 0 Å². The molecular weight excluding hydrogens is 340 g/mol. The zero-order valence-corrected chi connectivity index (χ0v) is 13.7. The first-order chi connectivity index (χ1) is 9.78. The minimum atomic E-state index is 0.609. The molecule has 0 unspecified atom stereocenters. The summed E-state index contributed by atoms with van der Waals surface area (Å²) in [5.74, 6) is 2.39. The van der Waals surface area contributed by atoms with Gasteiger partial charge in [-0.2, -0.15) is 0 Å². The van der Waals surface area contributed by atoms with Crippen molar-refractivity contribution in [2.45, 2.75) is 25.8 Å². The highest BCUT2D eigenvalue weighted by molar-refractivity contribution is 9.10. The van der Waals surface area contributed by atoms with Gasteiger partial charge in [0.2, 0.25) is 0 Å². The normalized spacial score (nSPS) is 16.9. The number of nitrogens with zero attached hydrogens (tertiary/aromatic N) is 2. The van der Waals surface area contributed by atoms with Crippen LogP contribution in [0.2, 0.25) is 0 Å². The molecular formula is C15H18BrClN2O. The first-order valence-corrected chi connectivity index (χ1v) is 8.39. The first kappa shape index (κ1) is 14.4. The van der Waals surface area contributed by atoms with Crippen molar-refractivity contribution >= 4 is 38.6 Å². The molecule has 0 spiro atoms. The Morgan fingerprint density at radius 1 is 1.35 bits per heavy atom. The fraction of sp³-hybridized carbons (Fsp3) is 0.533. The van der Waals surface area contributed by atoms with Crippen LogP contribution >= 0.6 is 27.5 Å². The van der Waals surface area contributed by atoms with E-state index in [1.807, 2.05) is 0 Å². The van der Waals surface area contributed by atoms with E-state index >= 15 is 0 Å². The van der Waals surface area contributed by atoms with Crippen molar-refractivity contribution < 1.29 is 4.74 Å². The lowest BCUT2D eigenvalue weighted by Gasteiger charge is -2.23. The van der Waals surface area contributed by atoms with Gasteiger partial charge in [0, 0.05) is 36.5 Å². The number of benzene rings is 1. The lowest BCUT2D eigenvalue weighted by Crippen LogP contribution is -2.21. The van der Waals surface area contributed by atoms with Crippen molar-refractivity contribution in [3.8, 4) is 0 Å². The number of halogens is 2. The summed E-state index contributed by atoms with van der Waals surface area (Å²) < 4.78 is 8.86. The monoisotopic (exact) mass is 356 g/mol. The molecule has 1 saturated heterocycles. The maximum atomic E-state index is 5.93. The Labute approximate surface area is 132 Å². The van der Waals surface area contributed by atoms with E-state index < -0.39 is 0 Å². The van der Waals surface area contributed by atoms with E-state index in [1.165, 1.54) is 5.52 Å². The number of hydrogen-bond donors (Lipinski definition) is 0. The Hall–Kier alpha value is -0.580. The topological polar surface area (TPSA) is 27.1 Å². The minimum absolute atomic E-state index is 0.609. The molecule has 1 aromatic heterocycles. The third kappa shape index (κ3) is 3.02. The Morgan fingerprint density at radius 3 is 2.90 bits per heavy atom. The maximum absolute atomic E-state index is 5.93. The van der Waals surface area contributed by atoms with Crippen LogP contribution in [0.1, 0.15) is 18.7 Å². The van der Waals surface area contributed by atoms with Gasteiger partial charge in [-0.3, -0.25) is 0 Å². The van der Waals surface area contributed by atoms with E-state index in [1.54, 1.807) is 0 Å². The van der Waals surface area contributed by atoms with Gasteiger partial charge in [-0.1, -0.05) is 15.9 Å². The molecule has 0 bridgehead atoms. The summed E-state index contributed by atoms with van der Waals surface area (Å²) in [5.41, 5.74) is 2.26. The van der Waals surface area contributed by atoms with Gasteiger partial charge in [0.05, 0.1) is 11.0 Å². The van der Waals surface area contributed by atoms with Gasteiger partial charge in [0.15, 0.2) is 0 Å². The lowest BCUT2D eigenvalue weighted by molar-refractivity contribution is 0.0613. The number of alkyl halides is 1. The molecule has 3 nitrogen and oxygen atoms in total.